The van der Waals surface area contributed by atoms with Crippen molar-refractivity contribution in [1.29, 1.82) is 0 Å². The van der Waals surface area contributed by atoms with E-state index < -0.39 is 5.97 Å². The first-order valence-electron chi connectivity index (χ1n) is 12.8. The maximum absolute atomic E-state index is 11.3. The van der Waals surface area contributed by atoms with Gasteiger partial charge in [-0.3, -0.25) is 9.59 Å². The van der Waals surface area contributed by atoms with Gasteiger partial charge in [0.1, 0.15) is 5.60 Å². The van der Waals surface area contributed by atoms with E-state index in [1.54, 1.807) is 0 Å². The fourth-order valence-corrected chi connectivity index (χ4v) is 5.07. The van der Waals surface area contributed by atoms with Crippen molar-refractivity contribution in [2.75, 3.05) is 0 Å². The van der Waals surface area contributed by atoms with Gasteiger partial charge >= 0.3 is 5.97 Å². The van der Waals surface area contributed by atoms with E-state index in [1.807, 2.05) is 0 Å². The highest BCUT2D eigenvalue weighted by Gasteiger charge is 2.49. The summed E-state index contributed by atoms with van der Waals surface area (Å²) >= 11 is 0. The third kappa shape index (κ3) is 7.08. The third-order valence-corrected chi connectivity index (χ3v) is 7.95. The highest BCUT2D eigenvalue weighted by molar-refractivity contribution is 5.77. The molecule has 0 aromatic heterocycles. The summed E-state index contributed by atoms with van der Waals surface area (Å²) < 4.78 is 5.24. The second kappa shape index (κ2) is 11.3. The first kappa shape index (κ1) is 24.8. The Kier molecular flexibility index (Phi) is 8.79. The fraction of sp³-hybridized carbons (Fsp3) is 0.714. The standard InChI is InChI=1S/C28H42O4/c1-22-19-24(11-7-3-5-9-13-27(15-16-27)26(30)31)20-25(23(22)2)12-8-4-6-10-14-28(17-18-28)32-21-29/h19-21H,3-18H2,1-2H3,(H,30,31). The quantitative estimate of drug-likeness (QED) is 0.211. The molecule has 1 N–H and O–H groups in total. The molecule has 2 aliphatic carbocycles. The number of hydrogen-bond acceptors (Lipinski definition) is 3. The van der Waals surface area contributed by atoms with Gasteiger partial charge in [0.25, 0.3) is 6.47 Å². The van der Waals surface area contributed by atoms with Crippen LogP contribution in [-0.2, 0) is 27.2 Å². The van der Waals surface area contributed by atoms with Gasteiger partial charge in [0, 0.05) is 0 Å². The van der Waals surface area contributed by atoms with Crippen LogP contribution in [0.2, 0.25) is 0 Å². The number of aliphatic carboxylic acids is 1. The number of carbonyl (C=O) groups is 2. The zero-order valence-electron chi connectivity index (χ0n) is 20.2. The van der Waals surface area contributed by atoms with Crippen LogP contribution in [-0.4, -0.2) is 23.1 Å². The van der Waals surface area contributed by atoms with E-state index in [0.29, 0.717) is 6.47 Å². The number of hydrogen-bond donors (Lipinski definition) is 1. The highest BCUT2D eigenvalue weighted by Crippen LogP contribution is 2.50. The summed E-state index contributed by atoms with van der Waals surface area (Å²) in [7, 11) is 0. The lowest BCUT2D eigenvalue weighted by Crippen LogP contribution is -2.14. The predicted octanol–water partition coefficient (Wildman–Crippen LogP) is 6.86. The molecule has 4 nitrogen and oxygen atoms in total. The van der Waals surface area contributed by atoms with Gasteiger partial charge in [0.15, 0.2) is 0 Å². The molecule has 2 fully saturated rings. The summed E-state index contributed by atoms with van der Waals surface area (Å²) in [4.78, 5) is 21.8. The van der Waals surface area contributed by atoms with Crippen molar-refractivity contribution in [2.45, 2.75) is 122 Å². The summed E-state index contributed by atoms with van der Waals surface area (Å²) in [6, 6.07) is 4.77. The van der Waals surface area contributed by atoms with E-state index >= 15 is 0 Å². The summed E-state index contributed by atoms with van der Waals surface area (Å²) in [5, 5.41) is 9.27. The Labute approximate surface area is 194 Å². The van der Waals surface area contributed by atoms with E-state index in [0.717, 1.165) is 70.6 Å². The van der Waals surface area contributed by atoms with Gasteiger partial charge in [0.05, 0.1) is 5.41 Å². The second-order valence-electron chi connectivity index (χ2n) is 10.5. The zero-order chi connectivity index (χ0) is 23.0. The first-order valence-corrected chi connectivity index (χ1v) is 12.8. The molecule has 32 heavy (non-hydrogen) atoms. The normalized spacial score (nSPS) is 17.7. The van der Waals surface area contributed by atoms with Crippen LogP contribution in [0, 0.1) is 19.3 Å². The van der Waals surface area contributed by atoms with Crippen molar-refractivity contribution in [1.82, 2.24) is 0 Å². The van der Waals surface area contributed by atoms with Crippen molar-refractivity contribution in [2.24, 2.45) is 5.41 Å². The fourth-order valence-electron chi connectivity index (χ4n) is 5.07. The third-order valence-electron chi connectivity index (χ3n) is 7.95. The molecule has 0 spiro atoms. The SMILES string of the molecule is Cc1cc(CCCCCCC2(C(=O)O)CC2)cc(CCCCCCC2(OC=O)CC2)c1C. The largest absolute Gasteiger partial charge is 0.481 e. The molecule has 0 radical (unpaired) electrons. The van der Waals surface area contributed by atoms with Crippen LogP contribution < -0.4 is 0 Å². The molecule has 1 aromatic rings. The average Bonchev–Trinajstić information content (AvgIpc) is 3.68. The minimum absolute atomic E-state index is 0.0979. The van der Waals surface area contributed by atoms with Crippen LogP contribution in [0.4, 0.5) is 0 Å². The number of carboxylic acid groups (broad SMARTS) is 1. The Hall–Kier alpha value is -1.84. The van der Waals surface area contributed by atoms with Crippen molar-refractivity contribution >= 4 is 12.4 Å². The van der Waals surface area contributed by atoms with E-state index in [2.05, 4.69) is 26.0 Å². The Morgan fingerprint density at radius 1 is 0.906 bits per heavy atom. The van der Waals surface area contributed by atoms with Gasteiger partial charge in [-0.15, -0.1) is 0 Å². The molecule has 178 valence electrons. The lowest BCUT2D eigenvalue weighted by Gasteiger charge is -2.14. The Morgan fingerprint density at radius 2 is 1.53 bits per heavy atom. The van der Waals surface area contributed by atoms with Crippen molar-refractivity contribution in [3.8, 4) is 0 Å². The number of ether oxygens (including phenoxy) is 1. The number of carbonyl (C=O) groups excluding carboxylic acids is 1. The molecule has 0 atom stereocenters. The molecule has 4 heteroatoms. The predicted molar refractivity (Wildman–Crippen MR) is 128 cm³/mol. The molecule has 2 saturated carbocycles. The smallest absolute Gasteiger partial charge is 0.309 e. The number of benzene rings is 1. The van der Waals surface area contributed by atoms with E-state index in [9.17, 15) is 14.7 Å². The van der Waals surface area contributed by atoms with Crippen LogP contribution in [0.5, 0.6) is 0 Å². The van der Waals surface area contributed by atoms with Gasteiger partial charge in [-0.1, -0.05) is 44.2 Å². The average molecular weight is 443 g/mol. The summed E-state index contributed by atoms with van der Waals surface area (Å²) in [6.45, 7) is 5.09. The maximum Gasteiger partial charge on any atom is 0.309 e. The number of aryl methyl sites for hydroxylation is 3. The van der Waals surface area contributed by atoms with E-state index in [-0.39, 0.29) is 11.0 Å². The van der Waals surface area contributed by atoms with Gasteiger partial charge in [-0.05, 0) is 107 Å². The van der Waals surface area contributed by atoms with Crippen molar-refractivity contribution < 1.29 is 19.4 Å². The van der Waals surface area contributed by atoms with Gasteiger partial charge < -0.3 is 9.84 Å². The Balaban J connectivity index is 1.32. The van der Waals surface area contributed by atoms with Crippen LogP contribution in [0.15, 0.2) is 12.1 Å². The number of carboxylic acids is 1. The van der Waals surface area contributed by atoms with Gasteiger partial charge in [0.2, 0.25) is 0 Å². The lowest BCUT2D eigenvalue weighted by molar-refractivity contribution is -0.143. The molecule has 2 aliphatic rings. The van der Waals surface area contributed by atoms with Crippen LogP contribution in [0.25, 0.3) is 0 Å². The molecule has 0 bridgehead atoms. The van der Waals surface area contributed by atoms with Crippen LogP contribution in [0.1, 0.15) is 112 Å². The Bertz CT molecular complexity index is 774. The molecular formula is C28H42O4. The lowest BCUT2D eigenvalue weighted by atomic mass is 9.93. The first-order chi connectivity index (χ1) is 15.4. The monoisotopic (exact) mass is 442 g/mol. The van der Waals surface area contributed by atoms with E-state index in [1.165, 1.54) is 54.4 Å². The highest BCUT2D eigenvalue weighted by atomic mass is 16.5. The van der Waals surface area contributed by atoms with Crippen molar-refractivity contribution in [3.05, 3.63) is 34.4 Å². The molecule has 3 rings (SSSR count). The second-order valence-corrected chi connectivity index (χ2v) is 10.5. The minimum Gasteiger partial charge on any atom is -0.481 e. The summed E-state index contributed by atoms with van der Waals surface area (Å²) in [5.74, 6) is -0.584. The summed E-state index contributed by atoms with van der Waals surface area (Å²) in [5.41, 5.74) is 5.34. The molecule has 1 aromatic carbocycles. The van der Waals surface area contributed by atoms with E-state index in [4.69, 9.17) is 4.74 Å². The topological polar surface area (TPSA) is 63.6 Å². The molecule has 0 unspecified atom stereocenters. The van der Waals surface area contributed by atoms with Crippen LogP contribution >= 0.6 is 0 Å². The van der Waals surface area contributed by atoms with Crippen LogP contribution in [0.3, 0.4) is 0 Å². The summed E-state index contributed by atoms with van der Waals surface area (Å²) in [6.07, 6.45) is 17.4. The number of rotatable bonds is 17. The zero-order valence-corrected chi connectivity index (χ0v) is 20.2. The van der Waals surface area contributed by atoms with Gasteiger partial charge in [-0.2, -0.15) is 0 Å². The molecule has 0 aliphatic heterocycles. The molecule has 0 saturated heterocycles. The van der Waals surface area contributed by atoms with Gasteiger partial charge in [-0.25, -0.2) is 0 Å². The molecule has 0 heterocycles. The number of unbranched alkanes of at least 4 members (excludes halogenated alkanes) is 6. The Morgan fingerprint density at radius 3 is 2.12 bits per heavy atom. The maximum atomic E-state index is 11.3. The molecule has 0 amide bonds. The van der Waals surface area contributed by atoms with Crippen molar-refractivity contribution in [3.63, 3.8) is 0 Å². The molecular weight excluding hydrogens is 400 g/mol. The minimum atomic E-state index is -0.584.